The average Bonchev–Trinajstić information content (AvgIpc) is 2.37. The maximum absolute atomic E-state index is 11.9. The Hall–Kier alpha value is -1.79. The second kappa shape index (κ2) is 6.23. The third kappa shape index (κ3) is 3.35. The van der Waals surface area contributed by atoms with E-state index in [4.69, 9.17) is 5.11 Å². The standard InChI is InChI=1S/C11H18N2O5/c1-7(9(14)15)12-11(17)13-6-4-3-5-8(13)10(16)18-2/h7-8H,3-6H2,1-2H3,(H,12,17)(H,14,15)/t7-,8?/m0/s1. The average molecular weight is 258 g/mol. The van der Waals surface area contributed by atoms with Gasteiger partial charge in [0.2, 0.25) is 0 Å². The van der Waals surface area contributed by atoms with Crippen molar-refractivity contribution in [3.8, 4) is 0 Å². The normalized spacial score (nSPS) is 21.0. The fraction of sp³-hybridized carbons (Fsp3) is 0.727. The summed E-state index contributed by atoms with van der Waals surface area (Å²) >= 11 is 0. The molecule has 0 radical (unpaired) electrons. The van der Waals surface area contributed by atoms with E-state index in [2.05, 4.69) is 10.1 Å². The van der Waals surface area contributed by atoms with Crippen LogP contribution in [-0.4, -0.2) is 53.7 Å². The van der Waals surface area contributed by atoms with Crippen LogP contribution < -0.4 is 5.32 Å². The Balaban J connectivity index is 2.68. The van der Waals surface area contributed by atoms with Crippen LogP contribution in [0.1, 0.15) is 26.2 Å². The van der Waals surface area contributed by atoms with Crippen molar-refractivity contribution in [2.45, 2.75) is 38.3 Å². The van der Waals surface area contributed by atoms with Crippen molar-refractivity contribution < 1.29 is 24.2 Å². The number of carboxylic acids is 1. The largest absolute Gasteiger partial charge is 0.480 e. The molecule has 1 aliphatic heterocycles. The summed E-state index contributed by atoms with van der Waals surface area (Å²) in [5.41, 5.74) is 0. The number of methoxy groups -OCH3 is 1. The van der Waals surface area contributed by atoms with Crippen molar-refractivity contribution in [1.29, 1.82) is 0 Å². The van der Waals surface area contributed by atoms with Gasteiger partial charge in [0.05, 0.1) is 7.11 Å². The summed E-state index contributed by atoms with van der Waals surface area (Å²) < 4.78 is 4.65. The number of carbonyl (C=O) groups excluding carboxylic acids is 2. The number of rotatable bonds is 3. The van der Waals surface area contributed by atoms with E-state index in [1.54, 1.807) is 0 Å². The highest BCUT2D eigenvalue weighted by Crippen LogP contribution is 2.18. The minimum Gasteiger partial charge on any atom is -0.480 e. The molecule has 1 saturated heterocycles. The number of hydrogen-bond donors (Lipinski definition) is 2. The number of aliphatic carboxylic acids is 1. The Morgan fingerprint density at radius 1 is 1.39 bits per heavy atom. The summed E-state index contributed by atoms with van der Waals surface area (Å²) in [6.07, 6.45) is 2.18. The number of urea groups is 1. The van der Waals surface area contributed by atoms with Crippen molar-refractivity contribution in [3.05, 3.63) is 0 Å². The van der Waals surface area contributed by atoms with Gasteiger partial charge in [-0.25, -0.2) is 9.59 Å². The predicted octanol–water partition coefficient (Wildman–Crippen LogP) is 0.197. The number of nitrogens with zero attached hydrogens (tertiary/aromatic N) is 1. The van der Waals surface area contributed by atoms with E-state index in [0.717, 1.165) is 12.8 Å². The molecule has 1 unspecified atom stereocenters. The third-order valence-corrected chi connectivity index (χ3v) is 2.95. The fourth-order valence-corrected chi connectivity index (χ4v) is 1.89. The van der Waals surface area contributed by atoms with Gasteiger partial charge in [-0.1, -0.05) is 0 Å². The van der Waals surface area contributed by atoms with Gasteiger partial charge in [-0.3, -0.25) is 4.79 Å². The molecule has 0 aromatic carbocycles. The van der Waals surface area contributed by atoms with Crippen molar-refractivity contribution in [1.82, 2.24) is 10.2 Å². The van der Waals surface area contributed by atoms with Crippen molar-refractivity contribution in [2.75, 3.05) is 13.7 Å². The number of carboxylic acid groups (broad SMARTS) is 1. The summed E-state index contributed by atoms with van der Waals surface area (Å²) in [5.74, 6) is -1.58. The zero-order valence-electron chi connectivity index (χ0n) is 10.5. The first-order valence-corrected chi connectivity index (χ1v) is 5.85. The SMILES string of the molecule is COC(=O)C1CCCCN1C(=O)N[C@@H](C)C(=O)O. The van der Waals surface area contributed by atoms with E-state index >= 15 is 0 Å². The van der Waals surface area contributed by atoms with Gasteiger partial charge in [0.15, 0.2) is 0 Å². The van der Waals surface area contributed by atoms with Gasteiger partial charge >= 0.3 is 18.0 Å². The van der Waals surface area contributed by atoms with Crippen LogP contribution in [0.5, 0.6) is 0 Å². The summed E-state index contributed by atoms with van der Waals surface area (Å²) in [6, 6.07) is -2.15. The van der Waals surface area contributed by atoms with Gasteiger partial charge in [-0.05, 0) is 26.2 Å². The van der Waals surface area contributed by atoms with Gasteiger partial charge in [0, 0.05) is 6.54 Å². The topological polar surface area (TPSA) is 95.9 Å². The molecule has 18 heavy (non-hydrogen) atoms. The van der Waals surface area contributed by atoms with Crippen LogP contribution >= 0.6 is 0 Å². The molecular weight excluding hydrogens is 240 g/mol. The quantitative estimate of drug-likeness (QED) is 0.705. The number of piperidine rings is 1. The van der Waals surface area contributed by atoms with Crippen LogP contribution in [0.3, 0.4) is 0 Å². The molecule has 0 bridgehead atoms. The minimum absolute atomic E-state index is 0.429. The monoisotopic (exact) mass is 258 g/mol. The van der Waals surface area contributed by atoms with E-state index in [-0.39, 0.29) is 0 Å². The van der Waals surface area contributed by atoms with Crippen LogP contribution in [0.2, 0.25) is 0 Å². The Morgan fingerprint density at radius 2 is 2.06 bits per heavy atom. The predicted molar refractivity (Wildman–Crippen MR) is 62.0 cm³/mol. The smallest absolute Gasteiger partial charge is 0.328 e. The first kappa shape index (κ1) is 14.3. The molecule has 7 heteroatoms. The molecule has 7 nitrogen and oxygen atoms in total. The molecule has 0 saturated carbocycles. The van der Waals surface area contributed by atoms with Crippen molar-refractivity contribution >= 4 is 18.0 Å². The van der Waals surface area contributed by atoms with Crippen LogP contribution in [0.15, 0.2) is 0 Å². The molecule has 1 heterocycles. The number of carbonyl (C=O) groups is 3. The number of amides is 2. The van der Waals surface area contributed by atoms with Gasteiger partial charge in [0.25, 0.3) is 0 Å². The molecule has 0 aliphatic carbocycles. The zero-order chi connectivity index (χ0) is 13.7. The van der Waals surface area contributed by atoms with E-state index in [1.807, 2.05) is 0 Å². The summed E-state index contributed by atoms with van der Waals surface area (Å²) in [6.45, 7) is 1.80. The maximum atomic E-state index is 11.9. The van der Waals surface area contributed by atoms with Crippen LogP contribution in [0.25, 0.3) is 0 Å². The lowest BCUT2D eigenvalue weighted by Gasteiger charge is -2.34. The fourth-order valence-electron chi connectivity index (χ4n) is 1.89. The van der Waals surface area contributed by atoms with Crippen LogP contribution in [-0.2, 0) is 14.3 Å². The van der Waals surface area contributed by atoms with Crippen molar-refractivity contribution in [2.24, 2.45) is 0 Å². The molecule has 0 aromatic rings. The molecule has 1 fully saturated rings. The molecule has 0 aromatic heterocycles. The van der Waals surface area contributed by atoms with Gasteiger partial charge in [0.1, 0.15) is 12.1 Å². The third-order valence-electron chi connectivity index (χ3n) is 2.95. The second-order valence-corrected chi connectivity index (χ2v) is 4.24. The first-order chi connectivity index (χ1) is 8.47. The molecule has 1 aliphatic rings. The highest BCUT2D eigenvalue weighted by molar-refractivity contribution is 5.86. The number of likely N-dealkylation sites (tertiary alicyclic amines) is 1. The lowest BCUT2D eigenvalue weighted by molar-refractivity contribution is -0.146. The van der Waals surface area contributed by atoms with Crippen LogP contribution in [0.4, 0.5) is 4.79 Å². The summed E-state index contributed by atoms with van der Waals surface area (Å²) in [4.78, 5) is 35.4. The van der Waals surface area contributed by atoms with Gasteiger partial charge < -0.3 is 20.1 Å². The van der Waals surface area contributed by atoms with E-state index in [1.165, 1.54) is 18.9 Å². The second-order valence-electron chi connectivity index (χ2n) is 4.24. The Labute approximate surface area is 105 Å². The first-order valence-electron chi connectivity index (χ1n) is 5.85. The van der Waals surface area contributed by atoms with E-state index in [9.17, 15) is 14.4 Å². The molecule has 2 amide bonds. The molecule has 2 N–H and O–H groups in total. The Bertz CT molecular complexity index is 344. The summed E-state index contributed by atoms with van der Waals surface area (Å²) in [7, 11) is 1.27. The molecule has 0 spiro atoms. The highest BCUT2D eigenvalue weighted by atomic mass is 16.5. The molecule has 1 rings (SSSR count). The number of ether oxygens (including phenoxy) is 1. The maximum Gasteiger partial charge on any atom is 0.328 e. The van der Waals surface area contributed by atoms with E-state index in [0.29, 0.717) is 13.0 Å². The highest BCUT2D eigenvalue weighted by Gasteiger charge is 2.33. The number of esters is 1. The number of hydrogen-bond acceptors (Lipinski definition) is 4. The summed E-state index contributed by atoms with van der Waals surface area (Å²) in [5, 5.41) is 11.1. The Kier molecular flexibility index (Phi) is 4.94. The van der Waals surface area contributed by atoms with Gasteiger partial charge in [-0.2, -0.15) is 0 Å². The lowest BCUT2D eigenvalue weighted by Crippen LogP contribution is -2.54. The van der Waals surface area contributed by atoms with Crippen LogP contribution in [0, 0.1) is 0 Å². The molecular formula is C11H18N2O5. The minimum atomic E-state index is -1.12. The van der Waals surface area contributed by atoms with Gasteiger partial charge in [-0.15, -0.1) is 0 Å². The number of nitrogens with one attached hydrogen (secondary N) is 1. The Morgan fingerprint density at radius 3 is 2.61 bits per heavy atom. The zero-order valence-corrected chi connectivity index (χ0v) is 10.5. The van der Waals surface area contributed by atoms with Crippen molar-refractivity contribution in [3.63, 3.8) is 0 Å². The molecule has 2 atom stereocenters. The van der Waals surface area contributed by atoms with E-state index < -0.39 is 30.1 Å². The lowest BCUT2D eigenvalue weighted by atomic mass is 10.0. The molecule has 102 valence electrons.